The molecule has 2 aliphatic heterocycles. The quantitative estimate of drug-likeness (QED) is 0.585. The van der Waals surface area contributed by atoms with E-state index < -0.39 is 12.0 Å². The summed E-state index contributed by atoms with van der Waals surface area (Å²) in [6, 6.07) is 10.4. The third-order valence-corrected chi connectivity index (χ3v) is 6.31. The molecule has 0 bridgehead atoms. The molecule has 4 rings (SSSR count). The number of amides is 1. The maximum atomic E-state index is 12.9. The average molecular weight is 472 g/mol. The summed E-state index contributed by atoms with van der Waals surface area (Å²) >= 11 is 7.96. The van der Waals surface area contributed by atoms with E-state index in [0.717, 1.165) is 11.3 Å². The summed E-state index contributed by atoms with van der Waals surface area (Å²) in [5.74, 6) is 0.0538. The number of nitrogens with zero attached hydrogens (tertiary/aromatic N) is 2. The monoisotopic (exact) mass is 471 g/mol. The molecule has 3 heterocycles. The van der Waals surface area contributed by atoms with Crippen molar-refractivity contribution in [3.63, 3.8) is 0 Å². The number of nitrogens with one attached hydrogen (secondary N) is 1. The predicted molar refractivity (Wildman–Crippen MR) is 124 cm³/mol. The van der Waals surface area contributed by atoms with Crippen LogP contribution in [-0.4, -0.2) is 28.6 Å². The van der Waals surface area contributed by atoms with Crippen molar-refractivity contribution in [3.05, 3.63) is 81.4 Å². The minimum absolute atomic E-state index is 0.114. The van der Waals surface area contributed by atoms with E-state index in [4.69, 9.17) is 20.8 Å². The summed E-state index contributed by atoms with van der Waals surface area (Å²) in [5.41, 5.74) is 2.45. The van der Waals surface area contributed by atoms with Gasteiger partial charge in [0.2, 0.25) is 5.91 Å². The molecule has 0 fully saturated rings. The second-order valence-electron chi connectivity index (χ2n) is 7.17. The highest BCUT2D eigenvalue weighted by molar-refractivity contribution is 8.16. The van der Waals surface area contributed by atoms with E-state index in [0.29, 0.717) is 33.8 Å². The van der Waals surface area contributed by atoms with Gasteiger partial charge in [0.1, 0.15) is 5.76 Å². The molecule has 32 heavy (non-hydrogen) atoms. The van der Waals surface area contributed by atoms with Crippen molar-refractivity contribution in [1.82, 2.24) is 10.2 Å². The zero-order chi connectivity index (χ0) is 22.7. The van der Waals surface area contributed by atoms with Crippen LogP contribution in [0.5, 0.6) is 0 Å². The van der Waals surface area contributed by atoms with Crippen molar-refractivity contribution >= 4 is 40.4 Å². The number of benzene rings is 1. The van der Waals surface area contributed by atoms with Gasteiger partial charge in [0, 0.05) is 10.7 Å². The number of hydrogen-bond donors (Lipinski definition) is 1. The van der Waals surface area contributed by atoms with Crippen LogP contribution in [-0.2, 0) is 20.9 Å². The molecule has 1 N–H and O–H groups in total. The Labute approximate surface area is 195 Å². The molecular formula is C23H22ClN3O4S. The number of carbonyl (C=O) groups is 2. The fraction of sp³-hybridized carbons (Fsp3) is 0.261. The van der Waals surface area contributed by atoms with Crippen LogP contribution >= 0.6 is 23.4 Å². The van der Waals surface area contributed by atoms with Crippen LogP contribution in [0.15, 0.2) is 74.4 Å². The highest BCUT2D eigenvalue weighted by Gasteiger charge is 2.41. The average Bonchev–Trinajstić information content (AvgIpc) is 3.42. The van der Waals surface area contributed by atoms with Crippen LogP contribution in [0.4, 0.5) is 0 Å². The van der Waals surface area contributed by atoms with E-state index >= 15 is 0 Å². The molecular weight excluding hydrogens is 450 g/mol. The molecule has 1 amide bonds. The highest BCUT2D eigenvalue weighted by atomic mass is 35.5. The van der Waals surface area contributed by atoms with E-state index in [1.54, 1.807) is 38.3 Å². The Morgan fingerprint density at radius 1 is 1.28 bits per heavy atom. The molecule has 0 saturated heterocycles. The standard InChI is InChI=1S/C23H22ClN3O4S/c1-3-30-22(29)20-14(2)26-23-27(21(20)17-8-4-5-9-18(17)24)15(13-32-23)11-19(28)25-12-16-7-6-10-31-16/h4-10,13,21H,3,11-12H2,1-2H3,(H,25,28)/t21-/m0/s1. The van der Waals surface area contributed by atoms with E-state index in [2.05, 4.69) is 10.3 Å². The topological polar surface area (TPSA) is 84.1 Å². The van der Waals surface area contributed by atoms with Gasteiger partial charge in [-0.3, -0.25) is 4.79 Å². The SMILES string of the molecule is CCOC(=O)C1=C(C)N=C2SC=C(CC(=O)NCc3ccco3)N2[C@H]1c1ccccc1Cl. The van der Waals surface area contributed by atoms with Gasteiger partial charge in [-0.1, -0.05) is 41.6 Å². The van der Waals surface area contributed by atoms with E-state index in [-0.39, 0.29) is 18.9 Å². The van der Waals surface area contributed by atoms with E-state index in [9.17, 15) is 9.59 Å². The molecule has 9 heteroatoms. The van der Waals surface area contributed by atoms with Crippen molar-refractivity contribution in [2.24, 2.45) is 4.99 Å². The predicted octanol–water partition coefficient (Wildman–Crippen LogP) is 4.78. The molecule has 1 aromatic carbocycles. The molecule has 1 atom stereocenters. The number of allylic oxidation sites excluding steroid dienone is 1. The number of halogens is 1. The van der Waals surface area contributed by atoms with Crippen molar-refractivity contribution in [2.45, 2.75) is 32.9 Å². The number of rotatable bonds is 7. The summed E-state index contributed by atoms with van der Waals surface area (Å²) in [5, 5.41) is 5.95. The molecule has 0 aliphatic carbocycles. The smallest absolute Gasteiger partial charge is 0.338 e. The lowest BCUT2D eigenvalue weighted by Crippen LogP contribution is -2.38. The largest absolute Gasteiger partial charge is 0.467 e. The Morgan fingerprint density at radius 3 is 2.81 bits per heavy atom. The van der Waals surface area contributed by atoms with Crippen LogP contribution in [0.25, 0.3) is 0 Å². The van der Waals surface area contributed by atoms with Gasteiger partial charge < -0.3 is 19.4 Å². The summed E-state index contributed by atoms with van der Waals surface area (Å²) in [6.07, 6.45) is 1.68. The van der Waals surface area contributed by atoms with Crippen molar-refractivity contribution in [2.75, 3.05) is 6.61 Å². The zero-order valence-electron chi connectivity index (χ0n) is 17.6. The van der Waals surface area contributed by atoms with Crippen molar-refractivity contribution in [3.8, 4) is 0 Å². The number of aliphatic imine (C=N–C) groups is 1. The summed E-state index contributed by atoms with van der Waals surface area (Å²) in [4.78, 5) is 32.1. The third-order valence-electron chi connectivity index (χ3n) is 5.08. The van der Waals surface area contributed by atoms with Crippen LogP contribution in [0, 0.1) is 0 Å². The minimum atomic E-state index is -0.547. The Hall–Kier alpha value is -2.97. The maximum absolute atomic E-state index is 12.9. The first-order valence-corrected chi connectivity index (χ1v) is 11.4. The molecule has 2 aromatic rings. The molecule has 0 unspecified atom stereocenters. The van der Waals surface area contributed by atoms with Gasteiger partial charge in [0.05, 0.1) is 43.1 Å². The van der Waals surface area contributed by atoms with Crippen LogP contribution in [0.1, 0.15) is 37.6 Å². The first kappa shape index (κ1) is 22.2. The number of furan rings is 1. The van der Waals surface area contributed by atoms with E-state index in [1.807, 2.05) is 28.5 Å². The van der Waals surface area contributed by atoms with E-state index in [1.165, 1.54) is 11.8 Å². The lowest BCUT2D eigenvalue weighted by atomic mass is 9.93. The maximum Gasteiger partial charge on any atom is 0.338 e. The van der Waals surface area contributed by atoms with Crippen LogP contribution < -0.4 is 5.32 Å². The number of thioether (sulfide) groups is 1. The number of ether oxygens (including phenoxy) is 1. The molecule has 0 radical (unpaired) electrons. The van der Waals surface area contributed by atoms with Gasteiger partial charge in [-0.2, -0.15) is 0 Å². The Bertz CT molecular complexity index is 1120. The molecule has 7 nitrogen and oxygen atoms in total. The molecule has 1 aromatic heterocycles. The highest BCUT2D eigenvalue weighted by Crippen LogP contribution is 2.46. The fourth-order valence-corrected chi connectivity index (χ4v) is 4.86. The second kappa shape index (κ2) is 9.67. The van der Waals surface area contributed by atoms with Crippen molar-refractivity contribution < 1.29 is 18.7 Å². The normalized spacial score (nSPS) is 17.6. The van der Waals surface area contributed by atoms with Crippen molar-refractivity contribution in [1.29, 1.82) is 0 Å². The van der Waals surface area contributed by atoms with Gasteiger partial charge in [0.25, 0.3) is 0 Å². The summed E-state index contributed by atoms with van der Waals surface area (Å²) < 4.78 is 10.6. The lowest BCUT2D eigenvalue weighted by Gasteiger charge is -2.36. The molecule has 166 valence electrons. The zero-order valence-corrected chi connectivity index (χ0v) is 19.2. The Balaban J connectivity index is 1.64. The summed E-state index contributed by atoms with van der Waals surface area (Å²) in [6.45, 7) is 4.09. The molecule has 2 aliphatic rings. The number of fused-ring (bicyclic) bond motifs is 1. The number of esters is 1. The fourth-order valence-electron chi connectivity index (χ4n) is 3.66. The Kier molecular flexibility index (Phi) is 6.72. The minimum Gasteiger partial charge on any atom is -0.467 e. The number of hydrogen-bond acceptors (Lipinski definition) is 7. The third kappa shape index (κ3) is 4.47. The second-order valence-corrected chi connectivity index (χ2v) is 8.41. The van der Waals surface area contributed by atoms with Crippen LogP contribution in [0.3, 0.4) is 0 Å². The molecule has 0 spiro atoms. The van der Waals surface area contributed by atoms with Gasteiger partial charge in [-0.25, -0.2) is 9.79 Å². The van der Waals surface area contributed by atoms with Gasteiger partial charge in [0.15, 0.2) is 5.17 Å². The van der Waals surface area contributed by atoms with Gasteiger partial charge >= 0.3 is 5.97 Å². The number of carbonyl (C=O) groups excluding carboxylic acids is 2. The van der Waals surface area contributed by atoms with Gasteiger partial charge in [-0.05, 0) is 43.0 Å². The molecule has 0 saturated carbocycles. The first-order chi connectivity index (χ1) is 15.5. The summed E-state index contributed by atoms with van der Waals surface area (Å²) in [7, 11) is 0. The first-order valence-electron chi connectivity index (χ1n) is 10.1. The van der Waals surface area contributed by atoms with Gasteiger partial charge in [-0.15, -0.1) is 0 Å². The Morgan fingerprint density at radius 2 is 2.09 bits per heavy atom. The van der Waals surface area contributed by atoms with Crippen LogP contribution in [0.2, 0.25) is 5.02 Å². The lowest BCUT2D eigenvalue weighted by molar-refractivity contribution is -0.139. The number of amidine groups is 1.